The quantitative estimate of drug-likeness (QED) is 0.330. The van der Waals surface area contributed by atoms with Gasteiger partial charge in [-0.1, -0.05) is 37.6 Å². The first-order chi connectivity index (χ1) is 18.5. The molecule has 0 spiro atoms. The molecule has 0 unspecified atom stereocenters. The van der Waals surface area contributed by atoms with Crippen LogP contribution in [0.3, 0.4) is 0 Å². The number of hydrogen-bond donors (Lipinski definition) is 1. The van der Waals surface area contributed by atoms with Gasteiger partial charge in [0.2, 0.25) is 5.82 Å². The summed E-state index contributed by atoms with van der Waals surface area (Å²) in [6.07, 6.45) is -1.63. The summed E-state index contributed by atoms with van der Waals surface area (Å²) in [7, 11) is 0. The second-order valence-electron chi connectivity index (χ2n) is 9.76. The van der Waals surface area contributed by atoms with Gasteiger partial charge in [0.25, 0.3) is 5.91 Å². The second-order valence-corrected chi connectivity index (χ2v) is 10.2. The Hall–Kier alpha value is -3.43. The Labute approximate surface area is 229 Å². The molecule has 1 aliphatic heterocycles. The first-order valence-corrected chi connectivity index (χ1v) is 12.9. The first kappa shape index (κ1) is 30.1. The van der Waals surface area contributed by atoms with Gasteiger partial charge in [0, 0.05) is 18.7 Å². The van der Waals surface area contributed by atoms with Crippen LogP contribution in [0.2, 0.25) is 5.02 Å². The van der Waals surface area contributed by atoms with E-state index in [1.807, 2.05) is 32.0 Å². The van der Waals surface area contributed by atoms with Crippen LogP contribution in [0.15, 0.2) is 30.5 Å². The lowest BCUT2D eigenvalue weighted by molar-refractivity contribution is -0.200. The number of aromatic nitrogens is 2. The van der Waals surface area contributed by atoms with Crippen molar-refractivity contribution < 1.29 is 27.5 Å². The molecular weight excluding hydrogens is 537 g/mol. The number of nitrogens with one attached hydrogen (secondary N) is 1. The molecule has 210 valence electrons. The summed E-state index contributed by atoms with van der Waals surface area (Å²) in [5.74, 6) is -1.96. The Morgan fingerprint density at radius 3 is 2.51 bits per heavy atom. The average molecular weight is 567 g/mol. The summed E-state index contributed by atoms with van der Waals surface area (Å²) in [5.41, 5.74) is 4.27. The number of anilines is 1. The Kier molecular flexibility index (Phi) is 10.5. The fourth-order valence-electron chi connectivity index (χ4n) is 4.19. The fourth-order valence-corrected chi connectivity index (χ4v) is 4.38. The van der Waals surface area contributed by atoms with Gasteiger partial charge in [-0.15, -0.1) is 0 Å². The maximum Gasteiger partial charge on any atom is 0.490 e. The minimum Gasteiger partial charge on any atom is -0.459 e. The number of rotatable bonds is 10. The SMILES string of the molecule is CC(C)CN(NC(=O)c1ccc(CN2CCC(CCOC(=O)C(F)(F)F)CC2)cc1)c1nc(C#N)ncc1Cl. The third kappa shape index (κ3) is 9.07. The summed E-state index contributed by atoms with van der Waals surface area (Å²) in [6, 6.07) is 9.06. The van der Waals surface area contributed by atoms with Crippen LogP contribution < -0.4 is 10.4 Å². The summed E-state index contributed by atoms with van der Waals surface area (Å²) >= 11 is 6.24. The summed E-state index contributed by atoms with van der Waals surface area (Å²) in [6.45, 7) is 6.34. The highest BCUT2D eigenvalue weighted by atomic mass is 35.5. The molecule has 39 heavy (non-hydrogen) atoms. The molecule has 3 rings (SSSR count). The van der Waals surface area contributed by atoms with Gasteiger partial charge < -0.3 is 4.74 Å². The smallest absolute Gasteiger partial charge is 0.459 e. The zero-order valence-electron chi connectivity index (χ0n) is 21.7. The number of esters is 1. The maximum atomic E-state index is 13.0. The third-order valence-corrected chi connectivity index (χ3v) is 6.45. The van der Waals surface area contributed by atoms with Crippen molar-refractivity contribution >= 4 is 29.3 Å². The van der Waals surface area contributed by atoms with Crippen LogP contribution in [-0.4, -0.2) is 59.2 Å². The lowest BCUT2D eigenvalue weighted by Gasteiger charge is -2.32. The number of halogens is 4. The number of likely N-dealkylation sites (tertiary alicyclic amines) is 1. The Morgan fingerprint density at radius 2 is 1.92 bits per heavy atom. The molecule has 1 aliphatic rings. The number of amides is 1. The van der Waals surface area contributed by atoms with Crippen LogP contribution in [0.1, 0.15) is 54.9 Å². The topological polar surface area (TPSA) is 111 Å². The Balaban J connectivity index is 1.51. The lowest BCUT2D eigenvalue weighted by atomic mass is 9.93. The first-order valence-electron chi connectivity index (χ1n) is 12.5. The van der Waals surface area contributed by atoms with Crippen molar-refractivity contribution in [2.24, 2.45) is 11.8 Å². The van der Waals surface area contributed by atoms with Crippen molar-refractivity contribution in [3.8, 4) is 6.07 Å². The van der Waals surface area contributed by atoms with Crippen LogP contribution >= 0.6 is 11.6 Å². The molecular formula is C26H30ClF3N6O3. The van der Waals surface area contributed by atoms with Gasteiger partial charge in [0.15, 0.2) is 5.82 Å². The van der Waals surface area contributed by atoms with Gasteiger partial charge >= 0.3 is 12.1 Å². The van der Waals surface area contributed by atoms with E-state index in [0.29, 0.717) is 25.1 Å². The molecule has 0 aliphatic carbocycles. The molecule has 2 aromatic rings. The van der Waals surface area contributed by atoms with Crippen molar-refractivity contribution in [2.45, 2.75) is 45.8 Å². The molecule has 0 radical (unpaired) electrons. The number of benzene rings is 1. The summed E-state index contributed by atoms with van der Waals surface area (Å²) in [5, 5.41) is 10.9. The molecule has 0 bridgehead atoms. The maximum absolute atomic E-state index is 13.0. The number of piperidine rings is 1. The molecule has 1 amide bonds. The largest absolute Gasteiger partial charge is 0.490 e. The molecule has 0 saturated carbocycles. The van der Waals surface area contributed by atoms with Crippen LogP contribution in [0.4, 0.5) is 19.0 Å². The zero-order valence-corrected chi connectivity index (χ0v) is 22.4. The lowest BCUT2D eigenvalue weighted by Crippen LogP contribution is -2.45. The molecule has 1 saturated heterocycles. The summed E-state index contributed by atoms with van der Waals surface area (Å²) in [4.78, 5) is 34.0. The Bertz CT molecular complexity index is 1180. The van der Waals surface area contributed by atoms with Crippen molar-refractivity contribution in [3.05, 3.63) is 52.4 Å². The highest BCUT2D eigenvalue weighted by Gasteiger charge is 2.40. The highest BCUT2D eigenvalue weighted by Crippen LogP contribution is 2.24. The normalized spacial score (nSPS) is 14.6. The van der Waals surface area contributed by atoms with Gasteiger partial charge in [-0.3, -0.25) is 20.1 Å². The summed E-state index contributed by atoms with van der Waals surface area (Å²) < 4.78 is 41.0. The van der Waals surface area contributed by atoms with E-state index in [0.717, 1.165) is 31.5 Å². The molecule has 13 heteroatoms. The number of nitriles is 1. The standard InChI is InChI=1S/C26H30ClF3N6O3/c1-17(2)15-36(23-21(27)14-32-22(13-31)33-23)34-24(37)20-5-3-19(4-6-20)16-35-10-7-18(8-11-35)9-12-39-25(38)26(28,29)30/h3-6,14,17-18H,7-12,15-16H2,1-2H3,(H,34,37). The molecule has 2 heterocycles. The van der Waals surface area contributed by atoms with Gasteiger partial charge in [-0.2, -0.15) is 23.4 Å². The van der Waals surface area contributed by atoms with Crippen LogP contribution in [-0.2, 0) is 16.1 Å². The molecule has 1 aromatic carbocycles. The number of carbonyl (C=O) groups is 2. The second kappa shape index (κ2) is 13.6. The van der Waals surface area contributed by atoms with Crippen LogP contribution in [0, 0.1) is 23.2 Å². The number of ether oxygens (including phenoxy) is 1. The zero-order chi connectivity index (χ0) is 28.6. The van der Waals surface area contributed by atoms with E-state index in [4.69, 9.17) is 16.9 Å². The molecule has 9 nitrogen and oxygen atoms in total. The van der Waals surface area contributed by atoms with E-state index >= 15 is 0 Å². The number of carbonyl (C=O) groups excluding carboxylic acids is 2. The number of hydrazine groups is 1. The van der Waals surface area contributed by atoms with Crippen molar-refractivity contribution in [3.63, 3.8) is 0 Å². The van der Waals surface area contributed by atoms with E-state index in [1.165, 1.54) is 11.2 Å². The predicted octanol–water partition coefficient (Wildman–Crippen LogP) is 4.52. The third-order valence-electron chi connectivity index (χ3n) is 6.19. The molecule has 1 fully saturated rings. The Morgan fingerprint density at radius 1 is 1.26 bits per heavy atom. The van der Waals surface area contributed by atoms with E-state index in [9.17, 15) is 22.8 Å². The van der Waals surface area contributed by atoms with E-state index in [-0.39, 0.29) is 41.0 Å². The van der Waals surface area contributed by atoms with E-state index in [2.05, 4.69) is 25.0 Å². The van der Waals surface area contributed by atoms with E-state index in [1.54, 1.807) is 12.1 Å². The van der Waals surface area contributed by atoms with E-state index < -0.39 is 12.1 Å². The monoisotopic (exact) mass is 566 g/mol. The van der Waals surface area contributed by atoms with Crippen molar-refractivity contribution in [2.75, 3.05) is 31.3 Å². The minimum atomic E-state index is -4.96. The van der Waals surface area contributed by atoms with Crippen LogP contribution in [0.5, 0.6) is 0 Å². The highest BCUT2D eigenvalue weighted by molar-refractivity contribution is 6.32. The van der Waals surface area contributed by atoms with Gasteiger partial charge in [-0.05, 0) is 61.9 Å². The number of alkyl halides is 3. The van der Waals surface area contributed by atoms with Gasteiger partial charge in [-0.25, -0.2) is 9.78 Å². The minimum absolute atomic E-state index is 0.0596. The number of nitrogens with zero attached hydrogens (tertiary/aromatic N) is 5. The van der Waals surface area contributed by atoms with Crippen molar-refractivity contribution in [1.29, 1.82) is 5.26 Å². The van der Waals surface area contributed by atoms with Crippen molar-refractivity contribution in [1.82, 2.24) is 20.3 Å². The van der Waals surface area contributed by atoms with Gasteiger partial charge in [0.1, 0.15) is 11.1 Å². The fraction of sp³-hybridized carbons (Fsp3) is 0.500. The number of hydrogen-bond acceptors (Lipinski definition) is 8. The molecule has 0 atom stereocenters. The van der Waals surface area contributed by atoms with Gasteiger partial charge in [0.05, 0.1) is 12.8 Å². The molecule has 1 N–H and O–H groups in total. The average Bonchev–Trinajstić information content (AvgIpc) is 2.89. The van der Waals surface area contributed by atoms with Crippen LogP contribution in [0.25, 0.3) is 0 Å². The molecule has 1 aromatic heterocycles. The predicted molar refractivity (Wildman–Crippen MR) is 137 cm³/mol.